The first kappa shape index (κ1) is 22.1. The first-order chi connectivity index (χ1) is 15.3. The highest BCUT2D eigenvalue weighted by atomic mass is 79.9. The van der Waals surface area contributed by atoms with E-state index in [0.29, 0.717) is 21.9 Å². The molecule has 0 aliphatic rings. The lowest BCUT2D eigenvalue weighted by molar-refractivity contribution is -0.122. The number of ether oxygens (including phenoxy) is 1. The molecule has 1 aromatic heterocycles. The summed E-state index contributed by atoms with van der Waals surface area (Å²) in [6.07, 6.45) is -0.956. The number of nitrogens with one attached hydrogen (secondary N) is 1. The fraction of sp³-hybridized carbons (Fsp3) is 0.120. The Kier molecular flexibility index (Phi) is 6.35. The van der Waals surface area contributed by atoms with Gasteiger partial charge in [-0.3, -0.25) is 9.59 Å². The Morgan fingerprint density at radius 2 is 1.75 bits per heavy atom. The Labute approximate surface area is 198 Å². The summed E-state index contributed by atoms with van der Waals surface area (Å²) in [6, 6.07) is 19.5. The number of halogens is 2. The van der Waals surface area contributed by atoms with Crippen molar-refractivity contribution in [1.82, 2.24) is 0 Å². The topological polar surface area (TPSA) is 68.5 Å². The number of hydrogen-bond acceptors (Lipinski definition) is 4. The molecule has 1 unspecified atom stereocenters. The van der Waals surface area contributed by atoms with Gasteiger partial charge in [0.1, 0.15) is 5.58 Å². The van der Waals surface area contributed by atoms with Crippen LogP contribution in [0, 0.1) is 6.92 Å². The Balaban J connectivity index is 1.73. The molecule has 0 radical (unpaired) electrons. The Bertz CT molecular complexity index is 1350. The maximum absolute atomic E-state index is 13.3. The smallest absolute Gasteiger partial charge is 0.265 e. The van der Waals surface area contributed by atoms with Crippen LogP contribution in [0.1, 0.15) is 12.5 Å². The van der Waals surface area contributed by atoms with Crippen molar-refractivity contribution < 1.29 is 13.9 Å². The minimum atomic E-state index is -0.956. The van der Waals surface area contributed by atoms with E-state index in [1.807, 2.05) is 43.3 Å². The largest absolute Gasteiger partial charge is 0.473 e. The predicted octanol–water partition coefficient (Wildman–Crippen LogP) is 6.59. The second-order valence-electron chi connectivity index (χ2n) is 7.35. The van der Waals surface area contributed by atoms with Crippen LogP contribution in [0.4, 0.5) is 5.69 Å². The number of anilines is 1. The number of fused-ring (bicyclic) bond motifs is 1. The summed E-state index contributed by atoms with van der Waals surface area (Å²) in [7, 11) is 0. The number of hydrogen-bond donors (Lipinski definition) is 1. The van der Waals surface area contributed by atoms with E-state index in [9.17, 15) is 9.59 Å². The molecule has 4 rings (SSSR count). The van der Waals surface area contributed by atoms with Gasteiger partial charge in [-0.05, 0) is 56.3 Å². The highest BCUT2D eigenvalue weighted by Crippen LogP contribution is 2.32. The van der Waals surface area contributed by atoms with Crippen LogP contribution in [0.3, 0.4) is 0 Å². The summed E-state index contributed by atoms with van der Waals surface area (Å²) in [5, 5.41) is 3.47. The van der Waals surface area contributed by atoms with E-state index >= 15 is 0 Å². The number of carbonyl (C=O) groups is 1. The first-order valence-electron chi connectivity index (χ1n) is 9.88. The highest BCUT2D eigenvalue weighted by molar-refractivity contribution is 9.10. The van der Waals surface area contributed by atoms with Crippen molar-refractivity contribution in [2.24, 2.45) is 0 Å². The molecule has 7 heteroatoms. The monoisotopic (exact) mass is 511 g/mol. The molecule has 4 aromatic rings. The van der Waals surface area contributed by atoms with Crippen molar-refractivity contribution in [2.45, 2.75) is 20.0 Å². The van der Waals surface area contributed by atoms with E-state index in [2.05, 4.69) is 21.2 Å². The van der Waals surface area contributed by atoms with Crippen molar-refractivity contribution in [2.75, 3.05) is 5.32 Å². The molecule has 3 aromatic carbocycles. The zero-order valence-corrected chi connectivity index (χ0v) is 19.7. The summed E-state index contributed by atoms with van der Waals surface area (Å²) < 4.78 is 12.8. The van der Waals surface area contributed by atoms with Crippen molar-refractivity contribution in [3.05, 3.63) is 92.0 Å². The molecule has 162 valence electrons. The Hall–Kier alpha value is -3.09. The van der Waals surface area contributed by atoms with Gasteiger partial charge in [-0.25, -0.2) is 0 Å². The summed E-state index contributed by atoms with van der Waals surface area (Å²) in [5.41, 5.74) is 2.33. The van der Waals surface area contributed by atoms with Gasteiger partial charge < -0.3 is 14.5 Å². The van der Waals surface area contributed by atoms with Crippen LogP contribution >= 0.6 is 27.5 Å². The average molecular weight is 513 g/mol. The number of rotatable bonds is 5. The molecule has 5 nitrogen and oxygen atoms in total. The second kappa shape index (κ2) is 9.18. The molecule has 0 fully saturated rings. The molecule has 32 heavy (non-hydrogen) atoms. The van der Waals surface area contributed by atoms with E-state index < -0.39 is 17.4 Å². The van der Waals surface area contributed by atoms with Gasteiger partial charge in [-0.2, -0.15) is 0 Å². The van der Waals surface area contributed by atoms with Gasteiger partial charge in [0.05, 0.1) is 5.39 Å². The second-order valence-corrected chi connectivity index (χ2v) is 8.70. The molecule has 0 aliphatic heterocycles. The van der Waals surface area contributed by atoms with E-state index in [1.54, 1.807) is 31.2 Å². The molecule has 1 N–H and O–H groups in total. The minimum Gasteiger partial charge on any atom is -0.473 e. The van der Waals surface area contributed by atoms with Crippen molar-refractivity contribution in [3.63, 3.8) is 0 Å². The quantitative estimate of drug-likeness (QED) is 0.327. The molecule has 1 heterocycles. The summed E-state index contributed by atoms with van der Waals surface area (Å²) >= 11 is 9.45. The molecule has 1 amide bonds. The number of carbonyl (C=O) groups excluding carboxylic acids is 1. The predicted molar refractivity (Wildman–Crippen MR) is 131 cm³/mol. The molecule has 0 bridgehead atoms. The van der Waals surface area contributed by atoms with Crippen molar-refractivity contribution in [1.29, 1.82) is 0 Å². The molecule has 1 atom stereocenters. The number of aryl methyl sites for hydroxylation is 1. The zero-order valence-electron chi connectivity index (χ0n) is 17.3. The van der Waals surface area contributed by atoms with E-state index in [0.717, 1.165) is 10.0 Å². The summed E-state index contributed by atoms with van der Waals surface area (Å²) in [4.78, 5) is 26.0. The van der Waals surface area contributed by atoms with Gasteiger partial charge in [0.2, 0.25) is 11.2 Å². The van der Waals surface area contributed by atoms with Crippen LogP contribution in [-0.4, -0.2) is 12.0 Å². The van der Waals surface area contributed by atoms with Crippen LogP contribution in [0.25, 0.3) is 22.3 Å². The lowest BCUT2D eigenvalue weighted by Gasteiger charge is -2.17. The van der Waals surface area contributed by atoms with Crippen LogP contribution in [0.2, 0.25) is 5.02 Å². The van der Waals surface area contributed by atoms with Crippen molar-refractivity contribution in [3.8, 4) is 17.1 Å². The lowest BCUT2D eigenvalue weighted by Crippen LogP contribution is -2.31. The fourth-order valence-corrected chi connectivity index (χ4v) is 3.60. The third-order valence-corrected chi connectivity index (χ3v) is 5.66. The van der Waals surface area contributed by atoms with Gasteiger partial charge in [0.25, 0.3) is 5.91 Å². The van der Waals surface area contributed by atoms with E-state index in [1.165, 1.54) is 6.07 Å². The SMILES string of the molecule is Cc1ccc(-c2oc3ccc(Cl)cc3c(=O)c2OC(C)C(=O)Nc2ccc(Br)cc2)cc1. The first-order valence-corrected chi connectivity index (χ1v) is 11.1. The van der Waals surface area contributed by atoms with Gasteiger partial charge in [0, 0.05) is 20.7 Å². The van der Waals surface area contributed by atoms with Crippen LogP contribution < -0.4 is 15.5 Å². The van der Waals surface area contributed by atoms with Crippen LogP contribution in [-0.2, 0) is 4.79 Å². The van der Waals surface area contributed by atoms with Gasteiger partial charge in [0.15, 0.2) is 11.9 Å². The van der Waals surface area contributed by atoms with Gasteiger partial charge in [-0.1, -0.05) is 57.4 Å². The lowest BCUT2D eigenvalue weighted by atomic mass is 10.1. The van der Waals surface area contributed by atoms with E-state index in [-0.39, 0.29) is 16.9 Å². The maximum Gasteiger partial charge on any atom is 0.265 e. The molecule has 0 spiro atoms. The third kappa shape index (κ3) is 4.71. The number of benzene rings is 3. The highest BCUT2D eigenvalue weighted by Gasteiger charge is 2.23. The minimum absolute atomic E-state index is 0.0397. The molecule has 0 aliphatic carbocycles. The summed E-state index contributed by atoms with van der Waals surface area (Å²) in [5.74, 6) is -0.178. The molecular formula is C25H19BrClNO4. The van der Waals surface area contributed by atoms with Crippen LogP contribution in [0.5, 0.6) is 5.75 Å². The maximum atomic E-state index is 13.3. The third-order valence-electron chi connectivity index (χ3n) is 4.90. The molecule has 0 saturated carbocycles. The Morgan fingerprint density at radius 1 is 1.06 bits per heavy atom. The molecular weight excluding hydrogens is 494 g/mol. The standard InChI is InChI=1S/C25H19BrClNO4/c1-14-3-5-16(6-4-14)23-24(22(29)20-13-18(27)9-12-21(20)32-23)31-15(2)25(30)28-19-10-7-17(26)8-11-19/h3-13,15H,1-2H3,(H,28,30). The fourth-order valence-electron chi connectivity index (χ4n) is 3.16. The number of amides is 1. The Morgan fingerprint density at radius 3 is 2.44 bits per heavy atom. The zero-order chi connectivity index (χ0) is 22.8. The van der Waals surface area contributed by atoms with E-state index in [4.69, 9.17) is 20.8 Å². The average Bonchev–Trinajstić information content (AvgIpc) is 2.78. The van der Waals surface area contributed by atoms with Crippen molar-refractivity contribution >= 4 is 50.1 Å². The van der Waals surface area contributed by atoms with Gasteiger partial charge >= 0.3 is 0 Å². The summed E-state index contributed by atoms with van der Waals surface area (Å²) in [6.45, 7) is 3.54. The van der Waals surface area contributed by atoms with Gasteiger partial charge in [-0.15, -0.1) is 0 Å². The van der Waals surface area contributed by atoms with Crippen LogP contribution in [0.15, 0.2) is 80.4 Å². The normalized spacial score (nSPS) is 11.9. The molecule has 0 saturated heterocycles.